The number of halogens is 2. The molecular formula is C9H6ClFN6O2. The third-order valence-corrected chi connectivity index (χ3v) is 2.17. The van der Waals surface area contributed by atoms with Gasteiger partial charge in [-0.2, -0.15) is 10.4 Å². The molecule has 0 saturated carbocycles. The number of nitrogens with two attached hydrogens (primary N) is 1. The third-order valence-electron chi connectivity index (χ3n) is 1.88. The predicted molar refractivity (Wildman–Crippen MR) is 66.6 cm³/mol. The number of rotatable bonds is 4. The maximum Gasteiger partial charge on any atom is 0.297 e. The smallest absolute Gasteiger partial charge is 0.297 e. The molecule has 0 saturated heterocycles. The molecule has 0 heterocycles. The molecule has 0 aliphatic rings. The van der Waals surface area contributed by atoms with Gasteiger partial charge in [0.15, 0.2) is 5.84 Å². The van der Waals surface area contributed by atoms with E-state index in [4.69, 9.17) is 28.0 Å². The van der Waals surface area contributed by atoms with E-state index in [1.807, 2.05) is 0 Å². The molecule has 1 rings (SSSR count). The minimum atomic E-state index is -0.963. The normalized spacial score (nSPS) is 10.7. The lowest BCUT2D eigenvalue weighted by Gasteiger charge is -2.04. The standard InChI is InChI=1S/C9H6ClFN6O2/c10-4-1-6(8(17(18)19)2-5(4)11)15-16-7(3-12)9(13)14/h1-2,15H,(H3,13,14)/b16-7+. The summed E-state index contributed by atoms with van der Waals surface area (Å²) in [6, 6.07) is 3.06. The summed E-state index contributed by atoms with van der Waals surface area (Å²) in [5, 5.41) is 29.3. The fourth-order valence-electron chi connectivity index (χ4n) is 1.04. The second-order valence-electron chi connectivity index (χ2n) is 3.14. The molecule has 19 heavy (non-hydrogen) atoms. The number of nitro groups is 1. The maximum atomic E-state index is 13.1. The zero-order valence-electron chi connectivity index (χ0n) is 9.15. The Kier molecular flexibility index (Phi) is 4.33. The number of hydrogen-bond donors (Lipinski definition) is 3. The van der Waals surface area contributed by atoms with Crippen LogP contribution >= 0.6 is 11.6 Å². The SMILES string of the molecule is N#C/C(=N\Nc1cc(Cl)c(F)cc1[N+](=O)[O-])C(=N)N. The molecule has 0 bridgehead atoms. The molecule has 0 aliphatic carbocycles. The second kappa shape index (κ2) is 5.74. The van der Waals surface area contributed by atoms with Crippen molar-refractivity contribution in [1.29, 1.82) is 10.7 Å². The van der Waals surface area contributed by atoms with Crippen LogP contribution in [0.4, 0.5) is 15.8 Å². The van der Waals surface area contributed by atoms with Crippen LogP contribution < -0.4 is 11.2 Å². The van der Waals surface area contributed by atoms with Crippen LogP contribution in [-0.2, 0) is 0 Å². The number of hydrazone groups is 1. The van der Waals surface area contributed by atoms with Gasteiger partial charge in [-0.25, -0.2) is 4.39 Å². The van der Waals surface area contributed by atoms with Crippen molar-refractivity contribution in [2.45, 2.75) is 0 Å². The van der Waals surface area contributed by atoms with Gasteiger partial charge in [-0.15, -0.1) is 0 Å². The second-order valence-corrected chi connectivity index (χ2v) is 3.55. The highest BCUT2D eigenvalue weighted by atomic mass is 35.5. The summed E-state index contributed by atoms with van der Waals surface area (Å²) in [5.74, 6) is -1.58. The van der Waals surface area contributed by atoms with Crippen LogP contribution in [0.15, 0.2) is 17.2 Å². The fourth-order valence-corrected chi connectivity index (χ4v) is 1.20. The van der Waals surface area contributed by atoms with Crippen LogP contribution in [0.25, 0.3) is 0 Å². The van der Waals surface area contributed by atoms with E-state index < -0.39 is 28.0 Å². The average Bonchev–Trinajstić information content (AvgIpc) is 2.33. The molecule has 1 aromatic carbocycles. The third kappa shape index (κ3) is 3.36. The van der Waals surface area contributed by atoms with Gasteiger partial charge in [-0.1, -0.05) is 11.6 Å². The van der Waals surface area contributed by atoms with Gasteiger partial charge in [-0.05, 0) is 6.07 Å². The monoisotopic (exact) mass is 284 g/mol. The van der Waals surface area contributed by atoms with Crippen LogP contribution in [0.5, 0.6) is 0 Å². The highest BCUT2D eigenvalue weighted by Crippen LogP contribution is 2.30. The van der Waals surface area contributed by atoms with Gasteiger partial charge in [0, 0.05) is 0 Å². The van der Waals surface area contributed by atoms with Gasteiger partial charge in [0.05, 0.1) is 16.0 Å². The van der Waals surface area contributed by atoms with Crippen molar-refractivity contribution in [1.82, 2.24) is 0 Å². The van der Waals surface area contributed by atoms with Crippen LogP contribution in [0.3, 0.4) is 0 Å². The molecule has 0 fully saturated rings. The number of nitrogens with zero attached hydrogens (tertiary/aromatic N) is 3. The Bertz CT molecular complexity index is 624. The zero-order chi connectivity index (χ0) is 14.6. The van der Waals surface area contributed by atoms with Gasteiger partial charge < -0.3 is 5.73 Å². The Balaban J connectivity index is 3.21. The molecule has 0 unspecified atom stereocenters. The summed E-state index contributed by atoms with van der Waals surface area (Å²) in [7, 11) is 0. The number of nitro benzene ring substituents is 1. The molecule has 98 valence electrons. The fraction of sp³-hybridized carbons (Fsp3) is 0. The molecule has 4 N–H and O–H groups in total. The Morgan fingerprint density at radius 2 is 2.32 bits per heavy atom. The molecular weight excluding hydrogens is 279 g/mol. The summed E-state index contributed by atoms with van der Waals surface area (Å²) >= 11 is 5.48. The van der Waals surface area contributed by atoms with E-state index in [1.54, 1.807) is 0 Å². The van der Waals surface area contributed by atoms with Gasteiger partial charge in [0.1, 0.15) is 17.6 Å². The molecule has 0 aliphatic heterocycles. The van der Waals surface area contributed by atoms with Crippen molar-refractivity contribution in [2.75, 3.05) is 5.43 Å². The number of anilines is 1. The summed E-state index contributed by atoms with van der Waals surface area (Å²) in [4.78, 5) is 9.86. The molecule has 0 atom stereocenters. The first-order valence-electron chi connectivity index (χ1n) is 4.58. The Hall–Kier alpha value is -2.73. The highest BCUT2D eigenvalue weighted by molar-refractivity contribution is 6.45. The average molecular weight is 285 g/mol. The van der Waals surface area contributed by atoms with Crippen LogP contribution in [-0.4, -0.2) is 16.5 Å². The van der Waals surface area contributed by atoms with Crippen molar-refractivity contribution >= 4 is 34.5 Å². The number of nitriles is 1. The molecule has 1 aromatic rings. The lowest BCUT2D eigenvalue weighted by molar-refractivity contribution is -0.384. The summed E-state index contributed by atoms with van der Waals surface area (Å²) in [5.41, 5.74) is 5.85. The Morgan fingerprint density at radius 1 is 1.68 bits per heavy atom. The van der Waals surface area contributed by atoms with Crippen molar-refractivity contribution in [3.8, 4) is 6.07 Å². The van der Waals surface area contributed by atoms with E-state index in [0.29, 0.717) is 6.07 Å². The van der Waals surface area contributed by atoms with Gasteiger partial charge in [0.2, 0.25) is 5.71 Å². The molecule has 0 radical (unpaired) electrons. The summed E-state index contributed by atoms with van der Waals surface area (Å²) < 4.78 is 13.1. The van der Waals surface area contributed by atoms with E-state index in [0.717, 1.165) is 6.07 Å². The largest absolute Gasteiger partial charge is 0.382 e. The molecule has 8 nitrogen and oxygen atoms in total. The van der Waals surface area contributed by atoms with E-state index >= 15 is 0 Å². The minimum absolute atomic E-state index is 0.231. The van der Waals surface area contributed by atoms with Crippen molar-refractivity contribution < 1.29 is 9.31 Å². The molecule has 10 heteroatoms. The molecule has 0 spiro atoms. The van der Waals surface area contributed by atoms with Gasteiger partial charge in [-0.3, -0.25) is 20.9 Å². The first kappa shape index (κ1) is 14.3. The lowest BCUT2D eigenvalue weighted by atomic mass is 10.2. The summed E-state index contributed by atoms with van der Waals surface area (Å²) in [6.45, 7) is 0. The first-order chi connectivity index (χ1) is 8.86. The highest BCUT2D eigenvalue weighted by Gasteiger charge is 2.18. The lowest BCUT2D eigenvalue weighted by Crippen LogP contribution is -2.22. The first-order valence-corrected chi connectivity index (χ1v) is 4.96. The van der Waals surface area contributed by atoms with E-state index in [1.165, 1.54) is 6.07 Å². The van der Waals surface area contributed by atoms with E-state index in [-0.39, 0.29) is 10.7 Å². The minimum Gasteiger partial charge on any atom is -0.382 e. The predicted octanol–water partition coefficient (Wildman–Crippen LogP) is 1.61. The van der Waals surface area contributed by atoms with Crippen LogP contribution in [0.2, 0.25) is 5.02 Å². The molecule has 0 aromatic heterocycles. The van der Waals surface area contributed by atoms with Gasteiger partial charge in [0.25, 0.3) is 5.69 Å². The number of hydrogen-bond acceptors (Lipinski definition) is 6. The number of nitrogens with one attached hydrogen (secondary N) is 2. The molecule has 0 amide bonds. The Labute approximate surface area is 110 Å². The van der Waals surface area contributed by atoms with Crippen molar-refractivity contribution in [3.05, 3.63) is 33.1 Å². The quantitative estimate of drug-likeness (QED) is 0.333. The van der Waals surface area contributed by atoms with Crippen LogP contribution in [0, 0.1) is 32.7 Å². The van der Waals surface area contributed by atoms with E-state index in [9.17, 15) is 14.5 Å². The number of benzene rings is 1. The summed E-state index contributed by atoms with van der Waals surface area (Å²) in [6.07, 6.45) is 0. The Morgan fingerprint density at radius 3 is 2.79 bits per heavy atom. The van der Waals surface area contributed by atoms with Crippen LogP contribution in [0.1, 0.15) is 0 Å². The zero-order valence-corrected chi connectivity index (χ0v) is 9.90. The van der Waals surface area contributed by atoms with Crippen molar-refractivity contribution in [2.24, 2.45) is 10.8 Å². The number of amidine groups is 1. The van der Waals surface area contributed by atoms with Gasteiger partial charge >= 0.3 is 0 Å². The topological polar surface area (TPSA) is 141 Å². The van der Waals surface area contributed by atoms with Crippen molar-refractivity contribution in [3.63, 3.8) is 0 Å². The maximum absolute atomic E-state index is 13.1. The van der Waals surface area contributed by atoms with E-state index in [2.05, 4.69) is 10.5 Å².